The monoisotopic (exact) mass is 516 g/mol. The van der Waals surface area contributed by atoms with Gasteiger partial charge in [-0.1, -0.05) is 83.4 Å². The predicted octanol–water partition coefficient (Wildman–Crippen LogP) is 9.45. The van der Waals surface area contributed by atoms with Gasteiger partial charge in [0.05, 0.1) is 26.1 Å². The number of hydrogen-bond donors (Lipinski definition) is 0. The fourth-order valence-corrected chi connectivity index (χ4v) is 14.4. The molecule has 0 saturated carbocycles. The minimum absolute atomic E-state index is 0.452. The van der Waals surface area contributed by atoms with E-state index in [1.807, 2.05) is 94.1 Å². The lowest BCUT2D eigenvalue weighted by molar-refractivity contribution is 1.41. The van der Waals surface area contributed by atoms with E-state index in [0.717, 1.165) is 0 Å². The van der Waals surface area contributed by atoms with Crippen LogP contribution in [0.3, 0.4) is 0 Å². The average molecular weight is 517 g/mol. The van der Waals surface area contributed by atoms with Crippen molar-refractivity contribution in [2.24, 2.45) is 0 Å². The summed E-state index contributed by atoms with van der Waals surface area (Å²) in [5, 5.41) is 0. The molecule has 0 aromatic rings. The van der Waals surface area contributed by atoms with E-state index in [2.05, 4.69) is 61.4 Å². The molecule has 148 valence electrons. The summed E-state index contributed by atoms with van der Waals surface area (Å²) >= 11 is 15.6. The van der Waals surface area contributed by atoms with E-state index >= 15 is 0 Å². The SMILES string of the molecule is CSC1=C(SC)SC(c2cc(C3SC(SC)=C(SC)S3)c3cccccc2-3)S1. The van der Waals surface area contributed by atoms with Crippen molar-refractivity contribution in [3.63, 3.8) is 0 Å². The highest BCUT2D eigenvalue weighted by Crippen LogP contribution is 2.66. The molecule has 0 bridgehead atoms. The van der Waals surface area contributed by atoms with Gasteiger partial charge in [0.25, 0.3) is 0 Å². The highest BCUT2D eigenvalue weighted by atomic mass is 32.3. The minimum atomic E-state index is 0.452. The summed E-state index contributed by atoms with van der Waals surface area (Å²) in [6.07, 6.45) is 8.78. The summed E-state index contributed by atoms with van der Waals surface area (Å²) in [4.78, 5) is 0. The maximum atomic E-state index is 2.50. The first-order chi connectivity index (χ1) is 13.7. The first-order valence-electron chi connectivity index (χ1n) is 8.52. The number of fused-ring (bicyclic) bond motifs is 1. The zero-order valence-electron chi connectivity index (χ0n) is 15.9. The Morgan fingerprint density at radius 1 is 0.571 bits per heavy atom. The molecular weight excluding hydrogens is 497 g/mol. The van der Waals surface area contributed by atoms with Crippen molar-refractivity contribution in [1.82, 2.24) is 0 Å². The Morgan fingerprint density at radius 2 is 0.929 bits per heavy atom. The van der Waals surface area contributed by atoms with E-state index in [0.29, 0.717) is 9.16 Å². The molecule has 0 amide bonds. The van der Waals surface area contributed by atoms with Crippen LogP contribution in [0.25, 0.3) is 11.1 Å². The summed E-state index contributed by atoms with van der Waals surface area (Å²) in [5.41, 5.74) is 5.79. The van der Waals surface area contributed by atoms with Gasteiger partial charge >= 0.3 is 0 Å². The van der Waals surface area contributed by atoms with Crippen molar-refractivity contribution in [3.05, 3.63) is 64.5 Å². The zero-order chi connectivity index (χ0) is 19.7. The van der Waals surface area contributed by atoms with Gasteiger partial charge < -0.3 is 0 Å². The molecule has 4 aliphatic rings. The quantitative estimate of drug-likeness (QED) is 0.367. The zero-order valence-corrected chi connectivity index (χ0v) is 22.4. The molecule has 0 aromatic carbocycles. The van der Waals surface area contributed by atoms with Gasteiger partial charge in [-0.3, -0.25) is 0 Å². The molecule has 4 rings (SSSR count). The van der Waals surface area contributed by atoms with E-state index < -0.39 is 0 Å². The second kappa shape index (κ2) is 10.1. The van der Waals surface area contributed by atoms with Gasteiger partial charge in [-0.05, 0) is 47.3 Å². The van der Waals surface area contributed by atoms with Crippen LogP contribution in [0.15, 0.2) is 53.3 Å². The molecule has 2 heterocycles. The van der Waals surface area contributed by atoms with Crippen LogP contribution >= 0.6 is 94.1 Å². The Labute approximate surface area is 202 Å². The molecule has 0 aromatic heterocycles. The van der Waals surface area contributed by atoms with E-state index in [-0.39, 0.29) is 0 Å². The number of hydrogen-bond acceptors (Lipinski definition) is 8. The standard InChI is InChI=1S/C20H20S8/c1-21-17-18(22-2)26-15(25-17)13-10-14(12-9-7-5-6-8-11(12)13)16-27-19(23-3)20(24-4)28-16/h5-10,15-16H,1-4H3. The van der Waals surface area contributed by atoms with Crippen LogP contribution in [0, 0.1) is 0 Å². The van der Waals surface area contributed by atoms with Crippen molar-refractivity contribution < 1.29 is 0 Å². The maximum absolute atomic E-state index is 2.50. The number of thioether (sulfide) groups is 8. The molecule has 0 atom stereocenters. The molecule has 28 heavy (non-hydrogen) atoms. The first-order valence-corrected chi connectivity index (χ1v) is 16.9. The van der Waals surface area contributed by atoms with Crippen molar-refractivity contribution in [3.8, 4) is 11.1 Å². The van der Waals surface area contributed by atoms with Gasteiger partial charge in [0.1, 0.15) is 0 Å². The lowest BCUT2D eigenvalue weighted by atomic mass is 10.1. The summed E-state index contributed by atoms with van der Waals surface area (Å²) in [6, 6.07) is 13.7. The third-order valence-electron chi connectivity index (χ3n) is 4.41. The summed E-state index contributed by atoms with van der Waals surface area (Å²) < 4.78 is 6.79. The molecule has 0 N–H and O–H groups in total. The first kappa shape index (κ1) is 22.2. The lowest BCUT2D eigenvalue weighted by Gasteiger charge is -2.10. The van der Waals surface area contributed by atoms with Gasteiger partial charge in [-0.2, -0.15) is 0 Å². The van der Waals surface area contributed by atoms with Gasteiger partial charge in [0.2, 0.25) is 0 Å². The van der Waals surface area contributed by atoms with Crippen molar-refractivity contribution in [2.75, 3.05) is 25.0 Å². The molecule has 0 unspecified atom stereocenters. The van der Waals surface area contributed by atoms with Crippen LogP contribution in [0.5, 0.6) is 0 Å². The van der Waals surface area contributed by atoms with Gasteiger partial charge in [-0.15, -0.1) is 47.0 Å². The smallest absolute Gasteiger partial charge is 0.0863 e. The van der Waals surface area contributed by atoms with Crippen molar-refractivity contribution in [1.29, 1.82) is 0 Å². The highest BCUT2D eigenvalue weighted by Gasteiger charge is 2.34. The molecule has 8 heteroatoms. The Kier molecular flexibility index (Phi) is 7.98. The van der Waals surface area contributed by atoms with Gasteiger partial charge in [0, 0.05) is 0 Å². The Hall–Kier alpha value is 0.980. The van der Waals surface area contributed by atoms with Gasteiger partial charge in [-0.25, -0.2) is 0 Å². The lowest BCUT2D eigenvalue weighted by Crippen LogP contribution is -1.84. The molecule has 0 spiro atoms. The van der Waals surface area contributed by atoms with Crippen molar-refractivity contribution >= 4 is 94.1 Å². The fourth-order valence-electron chi connectivity index (χ4n) is 3.17. The largest absolute Gasteiger partial charge is 0.121 e. The predicted molar refractivity (Wildman–Crippen MR) is 147 cm³/mol. The van der Waals surface area contributed by atoms with Crippen LogP contribution in [0.4, 0.5) is 0 Å². The summed E-state index contributed by atoms with van der Waals surface area (Å²) in [7, 11) is 0. The van der Waals surface area contributed by atoms with Crippen LogP contribution in [-0.2, 0) is 0 Å². The Bertz CT molecular complexity index is 801. The molecule has 0 nitrogen and oxygen atoms in total. The number of rotatable bonds is 6. The normalized spacial score (nSPS) is 18.9. The maximum Gasteiger partial charge on any atom is 0.0863 e. The second-order valence-corrected chi connectivity index (χ2v) is 15.3. The third-order valence-corrected chi connectivity index (χ3v) is 15.6. The topological polar surface area (TPSA) is 0 Å². The minimum Gasteiger partial charge on any atom is -0.121 e. The Balaban J connectivity index is 1.71. The highest BCUT2D eigenvalue weighted by molar-refractivity contribution is 8.37. The molecule has 2 aliphatic carbocycles. The molecule has 0 saturated heterocycles. The Morgan fingerprint density at radius 3 is 1.25 bits per heavy atom. The van der Waals surface area contributed by atoms with E-state index in [1.54, 1.807) is 0 Å². The average Bonchev–Trinajstić information content (AvgIpc) is 3.37. The fraction of sp³-hybridized carbons (Fsp3) is 0.300. The molecular formula is C20H20S8. The third kappa shape index (κ3) is 4.31. The van der Waals surface area contributed by atoms with Crippen molar-refractivity contribution in [2.45, 2.75) is 9.16 Å². The van der Waals surface area contributed by atoms with E-state index in [4.69, 9.17) is 0 Å². The van der Waals surface area contributed by atoms with Gasteiger partial charge in [0.15, 0.2) is 0 Å². The molecule has 2 aliphatic heterocycles. The van der Waals surface area contributed by atoms with Crippen LogP contribution in [-0.4, -0.2) is 25.0 Å². The van der Waals surface area contributed by atoms with E-state index in [9.17, 15) is 0 Å². The van der Waals surface area contributed by atoms with Crippen LogP contribution < -0.4 is 0 Å². The van der Waals surface area contributed by atoms with Crippen LogP contribution in [0.1, 0.15) is 20.3 Å². The molecule has 0 fully saturated rings. The summed E-state index contributed by atoms with van der Waals surface area (Å²) in [6.45, 7) is 0. The second-order valence-electron chi connectivity index (χ2n) is 5.89. The molecule has 0 radical (unpaired) electrons. The summed E-state index contributed by atoms with van der Waals surface area (Å²) in [5.74, 6) is 0. The van der Waals surface area contributed by atoms with Crippen LogP contribution in [0.2, 0.25) is 0 Å². The van der Waals surface area contributed by atoms with E-state index in [1.165, 1.54) is 39.2 Å².